The molecule has 0 saturated heterocycles. The molecule has 0 aliphatic rings. The lowest BCUT2D eigenvalue weighted by Crippen LogP contribution is -2.41. The quantitative estimate of drug-likeness (QED) is 0.507. The molecule has 0 radical (unpaired) electrons. The first-order valence-electron chi connectivity index (χ1n) is 4.33. The van der Waals surface area contributed by atoms with Crippen LogP contribution in [0.4, 0.5) is 0 Å². The van der Waals surface area contributed by atoms with E-state index in [9.17, 15) is 13.2 Å². The van der Waals surface area contributed by atoms with Crippen LogP contribution in [0.2, 0.25) is 0 Å². The van der Waals surface area contributed by atoms with Crippen molar-refractivity contribution in [3.63, 3.8) is 0 Å². The maximum absolute atomic E-state index is 11.4. The number of hydrogen-bond donors (Lipinski definition) is 0. The summed E-state index contributed by atoms with van der Waals surface area (Å²) in [7, 11) is -3.66. The molecule has 0 rings (SSSR count). The summed E-state index contributed by atoms with van der Waals surface area (Å²) in [6.07, 6.45) is 1.14. The Hall–Kier alpha value is -0.620. The van der Waals surface area contributed by atoms with Gasteiger partial charge in [0, 0.05) is 0 Å². The fourth-order valence-electron chi connectivity index (χ4n) is 0.855. The van der Waals surface area contributed by atoms with Gasteiger partial charge in [0.15, 0.2) is 5.60 Å². The Kier molecular flexibility index (Phi) is 4.54. The van der Waals surface area contributed by atoms with Gasteiger partial charge in [0.05, 0.1) is 12.9 Å². The number of ether oxygens (including phenoxy) is 1. The molecule has 0 N–H and O–H groups in total. The van der Waals surface area contributed by atoms with Crippen molar-refractivity contribution >= 4 is 16.1 Å². The Morgan fingerprint density at radius 3 is 2.14 bits per heavy atom. The summed E-state index contributed by atoms with van der Waals surface area (Å²) in [6, 6.07) is 0. The molecule has 0 aromatic heterocycles. The normalized spacial score (nSPS) is 16.0. The van der Waals surface area contributed by atoms with Crippen molar-refractivity contribution in [3.8, 4) is 0 Å². The number of carbonyl (C=O) groups excluding carboxylic acids is 1. The number of carbonyl (C=O) groups is 1. The van der Waals surface area contributed by atoms with E-state index >= 15 is 0 Å². The Bertz CT molecular complexity index is 295. The van der Waals surface area contributed by atoms with E-state index in [0.29, 0.717) is 0 Å². The summed E-state index contributed by atoms with van der Waals surface area (Å²) in [6.45, 7) is 4.89. The summed E-state index contributed by atoms with van der Waals surface area (Å²) in [5.74, 6) is -0.659. The van der Waals surface area contributed by atoms with Gasteiger partial charge in [0.2, 0.25) is 0 Å². The number of hydrogen-bond acceptors (Lipinski definition) is 5. The van der Waals surface area contributed by atoms with Crippen molar-refractivity contribution < 1.29 is 22.1 Å². The van der Waals surface area contributed by atoms with E-state index in [2.05, 4.69) is 4.18 Å². The van der Waals surface area contributed by atoms with Crippen LogP contribution in [0.15, 0.2) is 0 Å². The molecule has 0 saturated carbocycles. The second kappa shape index (κ2) is 4.75. The Balaban J connectivity index is 4.72. The number of esters is 1. The van der Waals surface area contributed by atoms with E-state index in [4.69, 9.17) is 4.74 Å². The average molecular weight is 224 g/mol. The van der Waals surface area contributed by atoms with Crippen LogP contribution in [-0.2, 0) is 23.8 Å². The van der Waals surface area contributed by atoms with Gasteiger partial charge in [0.1, 0.15) is 0 Å². The molecule has 0 bridgehead atoms. The molecular formula is C8H16O5S. The zero-order valence-corrected chi connectivity index (χ0v) is 9.68. The lowest BCUT2D eigenvalue weighted by molar-refractivity contribution is -0.160. The molecule has 0 aromatic rings. The van der Waals surface area contributed by atoms with Crippen molar-refractivity contribution in [2.45, 2.75) is 32.8 Å². The minimum atomic E-state index is -3.66. The second-order valence-electron chi connectivity index (χ2n) is 3.09. The highest BCUT2D eigenvalue weighted by Gasteiger charge is 2.37. The van der Waals surface area contributed by atoms with Gasteiger partial charge in [-0.15, -0.1) is 0 Å². The largest absolute Gasteiger partial charge is 0.464 e. The minimum Gasteiger partial charge on any atom is -0.464 e. The Morgan fingerprint density at radius 1 is 1.36 bits per heavy atom. The van der Waals surface area contributed by atoms with Crippen molar-refractivity contribution in [2.75, 3.05) is 12.9 Å². The lowest BCUT2D eigenvalue weighted by Gasteiger charge is -2.24. The molecule has 0 unspecified atom stereocenters. The van der Waals surface area contributed by atoms with Crippen LogP contribution in [0.5, 0.6) is 0 Å². The van der Waals surface area contributed by atoms with Gasteiger partial charge >= 0.3 is 5.97 Å². The molecule has 5 nitrogen and oxygen atoms in total. The van der Waals surface area contributed by atoms with E-state index in [1.807, 2.05) is 0 Å². The summed E-state index contributed by atoms with van der Waals surface area (Å²) in [5.41, 5.74) is -1.41. The Labute approximate surface area is 84.5 Å². The molecule has 0 fully saturated rings. The van der Waals surface area contributed by atoms with Gasteiger partial charge in [-0.05, 0) is 20.3 Å². The highest BCUT2D eigenvalue weighted by atomic mass is 32.2. The molecule has 0 amide bonds. The second-order valence-corrected chi connectivity index (χ2v) is 4.67. The van der Waals surface area contributed by atoms with E-state index in [1.165, 1.54) is 6.92 Å². The van der Waals surface area contributed by atoms with Crippen molar-refractivity contribution in [3.05, 3.63) is 0 Å². The van der Waals surface area contributed by atoms with Crippen LogP contribution in [-0.4, -0.2) is 32.9 Å². The monoisotopic (exact) mass is 224 g/mol. The van der Waals surface area contributed by atoms with E-state index in [0.717, 1.165) is 6.26 Å². The summed E-state index contributed by atoms with van der Waals surface area (Å²) in [5, 5.41) is 0. The van der Waals surface area contributed by atoms with Crippen LogP contribution in [0.25, 0.3) is 0 Å². The standard InChI is InChI=1S/C8H16O5S/c1-5-8(3,7(9)12-6-2)13-14(4,10)11/h5-6H2,1-4H3/t8-/m1/s1. The van der Waals surface area contributed by atoms with Crippen molar-refractivity contribution in [1.29, 1.82) is 0 Å². The molecule has 1 atom stereocenters. The van der Waals surface area contributed by atoms with Gasteiger partial charge in [-0.2, -0.15) is 8.42 Å². The van der Waals surface area contributed by atoms with Crippen LogP contribution in [0, 0.1) is 0 Å². The first-order valence-corrected chi connectivity index (χ1v) is 6.14. The first kappa shape index (κ1) is 13.4. The molecule has 6 heteroatoms. The van der Waals surface area contributed by atoms with E-state index in [-0.39, 0.29) is 13.0 Å². The SMILES string of the molecule is CCOC(=O)[C@@](C)(CC)OS(C)(=O)=O. The topological polar surface area (TPSA) is 69.7 Å². The maximum Gasteiger partial charge on any atom is 0.339 e. The van der Waals surface area contributed by atoms with Crippen molar-refractivity contribution in [2.24, 2.45) is 0 Å². The molecule has 84 valence electrons. The van der Waals surface area contributed by atoms with Gasteiger partial charge in [-0.1, -0.05) is 6.92 Å². The highest BCUT2D eigenvalue weighted by molar-refractivity contribution is 7.86. The first-order chi connectivity index (χ1) is 6.25. The summed E-state index contributed by atoms with van der Waals surface area (Å²) < 4.78 is 31.2. The fraction of sp³-hybridized carbons (Fsp3) is 0.875. The van der Waals surface area contributed by atoms with Crippen molar-refractivity contribution in [1.82, 2.24) is 0 Å². The predicted octanol–water partition coefficient (Wildman–Crippen LogP) is 0.694. The third kappa shape index (κ3) is 4.06. The van der Waals surface area contributed by atoms with Crippen LogP contribution < -0.4 is 0 Å². The number of rotatable bonds is 5. The maximum atomic E-state index is 11.4. The molecule has 0 aliphatic carbocycles. The van der Waals surface area contributed by atoms with E-state index < -0.39 is 21.7 Å². The molecule has 0 heterocycles. The smallest absolute Gasteiger partial charge is 0.339 e. The third-order valence-electron chi connectivity index (χ3n) is 1.72. The average Bonchev–Trinajstić information content (AvgIpc) is 2.01. The van der Waals surface area contributed by atoms with Gasteiger partial charge < -0.3 is 4.74 Å². The van der Waals surface area contributed by atoms with Crippen LogP contribution >= 0.6 is 0 Å². The fourth-order valence-corrected chi connectivity index (χ4v) is 1.71. The zero-order chi connectivity index (χ0) is 11.4. The van der Waals surface area contributed by atoms with Crippen LogP contribution in [0.1, 0.15) is 27.2 Å². The zero-order valence-electron chi connectivity index (χ0n) is 8.86. The van der Waals surface area contributed by atoms with E-state index in [1.54, 1.807) is 13.8 Å². The minimum absolute atomic E-state index is 0.196. The molecule has 0 aliphatic heterocycles. The molecule has 0 spiro atoms. The lowest BCUT2D eigenvalue weighted by atomic mass is 10.1. The van der Waals surface area contributed by atoms with Crippen LogP contribution in [0.3, 0.4) is 0 Å². The molecule has 14 heavy (non-hydrogen) atoms. The van der Waals surface area contributed by atoms with Gasteiger partial charge in [-0.25, -0.2) is 4.79 Å². The Morgan fingerprint density at radius 2 is 1.86 bits per heavy atom. The van der Waals surface area contributed by atoms with Gasteiger partial charge in [-0.3, -0.25) is 4.18 Å². The summed E-state index contributed by atoms with van der Waals surface area (Å²) in [4.78, 5) is 11.4. The highest BCUT2D eigenvalue weighted by Crippen LogP contribution is 2.19. The molecular weight excluding hydrogens is 208 g/mol. The van der Waals surface area contributed by atoms with Gasteiger partial charge in [0.25, 0.3) is 10.1 Å². The third-order valence-corrected chi connectivity index (χ3v) is 2.39. The summed E-state index contributed by atoms with van der Waals surface area (Å²) >= 11 is 0. The predicted molar refractivity (Wildman–Crippen MR) is 51.3 cm³/mol. The molecule has 0 aromatic carbocycles.